The minimum Gasteiger partial charge on any atom is -0.377 e. The number of H-pyrrole nitrogens is 2. The van der Waals surface area contributed by atoms with Gasteiger partial charge in [0, 0.05) is 51.3 Å². The summed E-state index contributed by atoms with van der Waals surface area (Å²) in [5.74, 6) is -0.569. The number of carbonyl (C=O) groups excluding carboxylic acids is 2. The molecule has 11 heteroatoms. The molecule has 4 aromatic rings. The fraction of sp³-hybridized carbons (Fsp3) is 0.500. The van der Waals surface area contributed by atoms with Gasteiger partial charge in [0.2, 0.25) is 11.8 Å². The highest BCUT2D eigenvalue weighted by atomic mass is 16.5. The summed E-state index contributed by atoms with van der Waals surface area (Å²) in [6.45, 7) is 2.79. The molecule has 2 N–H and O–H groups in total. The lowest BCUT2D eigenvalue weighted by molar-refractivity contribution is -0.147. The fourth-order valence-corrected chi connectivity index (χ4v) is 7.44. The number of ether oxygens (including phenoxy) is 1. The molecular formula is C32H38N6O5. The van der Waals surface area contributed by atoms with Gasteiger partial charge in [-0.15, -0.1) is 0 Å². The first-order valence-electron chi connectivity index (χ1n) is 15.5. The Labute approximate surface area is 248 Å². The van der Waals surface area contributed by atoms with Crippen molar-refractivity contribution in [2.45, 2.75) is 63.1 Å². The maximum atomic E-state index is 13.9. The quantitative estimate of drug-likeness (QED) is 0.359. The Bertz CT molecular complexity index is 1740. The van der Waals surface area contributed by atoms with Crippen molar-refractivity contribution in [3.05, 3.63) is 69.5 Å². The molecule has 2 atom stereocenters. The van der Waals surface area contributed by atoms with Gasteiger partial charge in [0.15, 0.2) is 0 Å². The highest BCUT2D eigenvalue weighted by Gasteiger charge is 2.39. The highest BCUT2D eigenvalue weighted by Crippen LogP contribution is 2.31. The maximum Gasteiger partial charge on any atom is 0.326 e. The number of carbonyl (C=O) groups is 2. The van der Waals surface area contributed by atoms with Gasteiger partial charge in [0.1, 0.15) is 0 Å². The second-order valence-electron chi connectivity index (χ2n) is 12.2. The normalized spacial score (nSPS) is 21.2. The Balaban J connectivity index is 1.000. The predicted octanol–water partition coefficient (Wildman–Crippen LogP) is 3.19. The summed E-state index contributed by atoms with van der Waals surface area (Å²) in [7, 11) is 0. The van der Waals surface area contributed by atoms with Crippen LogP contribution < -0.4 is 11.4 Å². The van der Waals surface area contributed by atoms with E-state index < -0.39 is 5.92 Å². The number of hydrogen-bond donors (Lipinski definition) is 2. The van der Waals surface area contributed by atoms with Crippen LogP contribution >= 0.6 is 0 Å². The molecule has 3 aliphatic rings. The van der Waals surface area contributed by atoms with E-state index in [-0.39, 0.29) is 47.8 Å². The molecule has 226 valence electrons. The molecule has 5 heterocycles. The predicted molar refractivity (Wildman–Crippen MR) is 162 cm³/mol. The summed E-state index contributed by atoms with van der Waals surface area (Å²) in [6, 6.07) is 15.4. The third-order valence-electron chi connectivity index (χ3n) is 9.70. The molecule has 0 radical (unpaired) electrons. The number of likely N-dealkylation sites (tertiary alicyclic amines) is 2. The van der Waals surface area contributed by atoms with Crippen LogP contribution in [0.5, 0.6) is 0 Å². The van der Waals surface area contributed by atoms with E-state index >= 15 is 0 Å². The Hall–Kier alpha value is -4.12. The molecule has 2 aromatic carbocycles. The van der Waals surface area contributed by atoms with Crippen LogP contribution in [0.2, 0.25) is 0 Å². The van der Waals surface area contributed by atoms with Crippen LogP contribution in [0.25, 0.3) is 22.1 Å². The van der Waals surface area contributed by atoms with Gasteiger partial charge in [-0.3, -0.25) is 18.7 Å². The number of aromatic nitrogens is 4. The Morgan fingerprint density at radius 1 is 0.744 bits per heavy atom. The van der Waals surface area contributed by atoms with E-state index in [9.17, 15) is 19.2 Å². The van der Waals surface area contributed by atoms with E-state index in [0.29, 0.717) is 58.5 Å². The monoisotopic (exact) mass is 586 g/mol. The molecule has 11 nitrogen and oxygen atoms in total. The van der Waals surface area contributed by atoms with Crippen molar-refractivity contribution >= 4 is 33.9 Å². The number of nitrogens with zero attached hydrogens (tertiary/aromatic N) is 4. The third kappa shape index (κ3) is 5.20. The molecule has 2 aromatic heterocycles. The van der Waals surface area contributed by atoms with Crippen molar-refractivity contribution in [2.24, 2.45) is 5.92 Å². The second kappa shape index (κ2) is 11.5. The summed E-state index contributed by atoms with van der Waals surface area (Å²) in [4.78, 5) is 62.5. The number of imidazole rings is 2. The molecule has 0 bridgehead atoms. The van der Waals surface area contributed by atoms with Gasteiger partial charge in [-0.25, -0.2) is 9.59 Å². The molecule has 7 rings (SSSR count). The number of rotatable bonds is 6. The molecule has 3 fully saturated rings. The van der Waals surface area contributed by atoms with Crippen molar-refractivity contribution in [2.75, 3.05) is 32.8 Å². The van der Waals surface area contributed by atoms with E-state index in [1.807, 2.05) is 67.5 Å². The van der Waals surface area contributed by atoms with Crippen LogP contribution in [0.3, 0.4) is 0 Å². The summed E-state index contributed by atoms with van der Waals surface area (Å²) in [6.07, 6.45) is 4.27. The summed E-state index contributed by atoms with van der Waals surface area (Å²) in [5, 5.41) is 0. The first kappa shape index (κ1) is 27.7. The molecule has 2 amide bonds. The Kier molecular flexibility index (Phi) is 7.42. The van der Waals surface area contributed by atoms with Gasteiger partial charge in [-0.1, -0.05) is 24.3 Å². The molecule has 0 saturated carbocycles. The lowest BCUT2D eigenvalue weighted by Gasteiger charge is -2.37. The first-order valence-corrected chi connectivity index (χ1v) is 15.5. The van der Waals surface area contributed by atoms with Crippen molar-refractivity contribution in [1.82, 2.24) is 28.9 Å². The lowest BCUT2D eigenvalue weighted by Crippen LogP contribution is -2.48. The van der Waals surface area contributed by atoms with Crippen molar-refractivity contribution in [3.8, 4) is 0 Å². The van der Waals surface area contributed by atoms with Gasteiger partial charge >= 0.3 is 11.4 Å². The molecule has 0 spiro atoms. The number of para-hydroxylation sites is 4. The molecule has 3 saturated heterocycles. The van der Waals surface area contributed by atoms with Crippen LogP contribution in [-0.4, -0.2) is 79.6 Å². The number of benzene rings is 2. The van der Waals surface area contributed by atoms with E-state index in [1.165, 1.54) is 0 Å². The summed E-state index contributed by atoms with van der Waals surface area (Å²) >= 11 is 0. The average molecular weight is 587 g/mol. The number of hydrogen-bond acceptors (Lipinski definition) is 5. The topological polar surface area (TPSA) is 125 Å². The fourth-order valence-electron chi connectivity index (χ4n) is 7.44. The van der Waals surface area contributed by atoms with Gasteiger partial charge in [0.25, 0.3) is 0 Å². The number of nitrogens with one attached hydrogen (secondary N) is 2. The van der Waals surface area contributed by atoms with Crippen molar-refractivity contribution in [3.63, 3.8) is 0 Å². The standard InChI is InChI=1S/C32H38N6O5/c39-29(35-15-11-21(12-16-35)37-26-8-3-1-6-24(26)33-31(37)41)20-23(28-10-5-19-43-28)30(40)36-17-13-22(14-18-36)38-27-9-4-2-7-25(27)34-32(38)42/h1-4,6-9,21-23,28H,5,10-20H2,(H,33,41)(H,34,42). The smallest absolute Gasteiger partial charge is 0.326 e. The van der Waals surface area contributed by atoms with Gasteiger partial charge in [-0.2, -0.15) is 0 Å². The zero-order valence-electron chi connectivity index (χ0n) is 24.2. The summed E-state index contributed by atoms with van der Waals surface area (Å²) < 4.78 is 9.62. The van der Waals surface area contributed by atoms with Crippen molar-refractivity contribution < 1.29 is 14.3 Å². The molecule has 0 aliphatic carbocycles. The lowest BCUT2D eigenvalue weighted by atomic mass is 9.92. The maximum absolute atomic E-state index is 13.9. The average Bonchev–Trinajstić information content (AvgIpc) is 3.76. The van der Waals surface area contributed by atoms with E-state index in [1.54, 1.807) is 0 Å². The van der Waals surface area contributed by atoms with Crippen LogP contribution in [0, 0.1) is 5.92 Å². The minimum atomic E-state index is -0.517. The minimum absolute atomic E-state index is 0.0152. The van der Waals surface area contributed by atoms with Gasteiger partial charge < -0.3 is 24.5 Å². The molecule has 2 unspecified atom stereocenters. The largest absolute Gasteiger partial charge is 0.377 e. The molecule has 3 aliphatic heterocycles. The molecule has 43 heavy (non-hydrogen) atoms. The van der Waals surface area contributed by atoms with Gasteiger partial charge in [0.05, 0.1) is 34.1 Å². The number of amides is 2. The van der Waals surface area contributed by atoms with Crippen LogP contribution in [0.1, 0.15) is 57.0 Å². The third-order valence-corrected chi connectivity index (χ3v) is 9.70. The Morgan fingerprint density at radius 2 is 1.26 bits per heavy atom. The van der Waals surface area contributed by atoms with E-state index in [4.69, 9.17) is 4.74 Å². The summed E-state index contributed by atoms with van der Waals surface area (Å²) in [5.41, 5.74) is 3.18. The van der Waals surface area contributed by atoms with Crippen LogP contribution in [-0.2, 0) is 14.3 Å². The number of piperidine rings is 2. The first-order chi connectivity index (χ1) is 21.0. The highest BCUT2D eigenvalue weighted by molar-refractivity contribution is 5.86. The Morgan fingerprint density at radius 3 is 1.77 bits per heavy atom. The molecular weight excluding hydrogens is 548 g/mol. The van der Waals surface area contributed by atoms with E-state index in [0.717, 1.165) is 34.9 Å². The zero-order valence-corrected chi connectivity index (χ0v) is 24.2. The zero-order chi connectivity index (χ0) is 29.5. The van der Waals surface area contributed by atoms with Crippen molar-refractivity contribution in [1.29, 1.82) is 0 Å². The van der Waals surface area contributed by atoms with E-state index in [2.05, 4.69) is 9.97 Å². The number of aromatic amines is 2. The van der Waals surface area contributed by atoms with Crippen LogP contribution in [0.15, 0.2) is 58.1 Å². The number of fused-ring (bicyclic) bond motifs is 2. The van der Waals surface area contributed by atoms with Gasteiger partial charge in [-0.05, 0) is 62.8 Å². The van der Waals surface area contributed by atoms with Crippen LogP contribution in [0.4, 0.5) is 0 Å². The SMILES string of the molecule is O=C(CC(C(=O)N1CCC(n2c(=O)[nH]c3ccccc32)CC1)C1CCCO1)N1CCC(n2c(=O)[nH]c3ccccc32)CC1. The second-order valence-corrected chi connectivity index (χ2v) is 12.2.